The highest BCUT2D eigenvalue weighted by Gasteiger charge is 2.25. The summed E-state index contributed by atoms with van der Waals surface area (Å²) in [4.78, 5) is 23.8. The van der Waals surface area contributed by atoms with Gasteiger partial charge in [0.05, 0.1) is 5.54 Å². The Morgan fingerprint density at radius 2 is 2.00 bits per heavy atom. The Morgan fingerprint density at radius 1 is 1.30 bits per heavy atom. The molecule has 4 N–H and O–H groups in total. The van der Waals surface area contributed by atoms with Crippen molar-refractivity contribution in [3.8, 4) is 0 Å². The van der Waals surface area contributed by atoms with Crippen LogP contribution in [-0.2, 0) is 4.79 Å². The fourth-order valence-corrected chi connectivity index (χ4v) is 1.51. The van der Waals surface area contributed by atoms with Crippen molar-refractivity contribution >= 4 is 17.5 Å². The van der Waals surface area contributed by atoms with Crippen LogP contribution in [0.4, 0.5) is 5.69 Å². The Balaban J connectivity index is 2.78. The molecular weight excluding hydrogens is 254 g/mol. The SMILES string of the molecule is CCCNC(=O)c1cccc(NC(=O)C(C)(N)CC)c1. The third-order valence-corrected chi connectivity index (χ3v) is 3.17. The Bertz CT molecular complexity index is 484. The average molecular weight is 277 g/mol. The highest BCUT2D eigenvalue weighted by Crippen LogP contribution is 2.14. The van der Waals surface area contributed by atoms with E-state index in [0.717, 1.165) is 6.42 Å². The van der Waals surface area contributed by atoms with Crippen LogP contribution in [0.15, 0.2) is 24.3 Å². The molecule has 0 heterocycles. The largest absolute Gasteiger partial charge is 0.352 e. The molecule has 0 fully saturated rings. The molecule has 1 aromatic rings. The summed E-state index contributed by atoms with van der Waals surface area (Å²) in [6, 6.07) is 6.83. The standard InChI is InChI=1S/C15H23N3O2/c1-4-9-17-13(19)11-7-6-8-12(10-11)18-14(20)15(3,16)5-2/h6-8,10H,4-5,9,16H2,1-3H3,(H,17,19)(H,18,20). The molecule has 0 aliphatic heterocycles. The number of hydrogen-bond acceptors (Lipinski definition) is 3. The van der Waals surface area contributed by atoms with Crippen LogP contribution >= 0.6 is 0 Å². The summed E-state index contributed by atoms with van der Waals surface area (Å²) in [5.41, 5.74) is 6.06. The van der Waals surface area contributed by atoms with Crippen LogP contribution in [0.1, 0.15) is 44.0 Å². The van der Waals surface area contributed by atoms with Crippen molar-refractivity contribution in [3.05, 3.63) is 29.8 Å². The van der Waals surface area contributed by atoms with Gasteiger partial charge in [-0.1, -0.05) is 19.9 Å². The number of hydrogen-bond donors (Lipinski definition) is 3. The molecule has 0 saturated heterocycles. The Morgan fingerprint density at radius 3 is 2.60 bits per heavy atom. The molecule has 0 saturated carbocycles. The summed E-state index contributed by atoms with van der Waals surface area (Å²) >= 11 is 0. The second kappa shape index (κ2) is 7.05. The van der Waals surface area contributed by atoms with Gasteiger partial charge in [0.2, 0.25) is 5.91 Å². The monoisotopic (exact) mass is 277 g/mol. The lowest BCUT2D eigenvalue weighted by molar-refractivity contribution is -0.120. The van der Waals surface area contributed by atoms with E-state index in [9.17, 15) is 9.59 Å². The number of carbonyl (C=O) groups is 2. The number of nitrogens with two attached hydrogens (primary N) is 1. The minimum absolute atomic E-state index is 0.144. The molecule has 5 nitrogen and oxygen atoms in total. The minimum atomic E-state index is -0.916. The molecule has 0 aliphatic carbocycles. The number of amides is 2. The molecule has 2 amide bonds. The van der Waals surface area contributed by atoms with E-state index in [4.69, 9.17) is 5.73 Å². The van der Waals surface area contributed by atoms with Crippen LogP contribution < -0.4 is 16.4 Å². The first-order valence-electron chi connectivity index (χ1n) is 6.89. The number of rotatable bonds is 6. The molecule has 0 aliphatic rings. The Kier molecular flexibility index (Phi) is 5.70. The second-order valence-electron chi connectivity index (χ2n) is 5.06. The van der Waals surface area contributed by atoms with Crippen molar-refractivity contribution < 1.29 is 9.59 Å². The molecule has 0 spiro atoms. The minimum Gasteiger partial charge on any atom is -0.352 e. The summed E-state index contributed by atoms with van der Waals surface area (Å²) < 4.78 is 0. The zero-order chi connectivity index (χ0) is 15.2. The summed E-state index contributed by atoms with van der Waals surface area (Å²) in [6.07, 6.45) is 1.42. The molecule has 0 radical (unpaired) electrons. The van der Waals surface area contributed by atoms with E-state index in [1.165, 1.54) is 0 Å². The molecule has 0 bridgehead atoms. The number of benzene rings is 1. The Labute approximate surface area is 119 Å². The van der Waals surface area contributed by atoms with E-state index in [0.29, 0.717) is 24.2 Å². The predicted molar refractivity (Wildman–Crippen MR) is 80.6 cm³/mol. The molecule has 20 heavy (non-hydrogen) atoms. The molecule has 1 aromatic carbocycles. The molecule has 110 valence electrons. The van der Waals surface area contributed by atoms with Gasteiger partial charge in [0, 0.05) is 17.8 Å². The molecule has 1 unspecified atom stereocenters. The van der Waals surface area contributed by atoms with Gasteiger partial charge in [0.1, 0.15) is 0 Å². The van der Waals surface area contributed by atoms with Gasteiger partial charge >= 0.3 is 0 Å². The third kappa shape index (κ3) is 4.35. The van der Waals surface area contributed by atoms with Crippen molar-refractivity contribution in [3.63, 3.8) is 0 Å². The maximum atomic E-state index is 12.0. The number of anilines is 1. The van der Waals surface area contributed by atoms with Gasteiger partial charge in [-0.05, 0) is 38.0 Å². The van der Waals surface area contributed by atoms with Crippen LogP contribution in [0.25, 0.3) is 0 Å². The summed E-state index contributed by atoms with van der Waals surface area (Å²) in [5.74, 6) is -0.403. The van der Waals surface area contributed by atoms with Crippen LogP contribution in [0, 0.1) is 0 Å². The quantitative estimate of drug-likeness (QED) is 0.742. The molecule has 1 atom stereocenters. The molecule has 1 rings (SSSR count). The van der Waals surface area contributed by atoms with Gasteiger partial charge in [0.15, 0.2) is 0 Å². The first kappa shape index (κ1) is 16.2. The maximum absolute atomic E-state index is 12.0. The Hall–Kier alpha value is -1.88. The van der Waals surface area contributed by atoms with Crippen LogP contribution in [0.5, 0.6) is 0 Å². The summed E-state index contributed by atoms with van der Waals surface area (Å²) in [7, 11) is 0. The van der Waals surface area contributed by atoms with E-state index >= 15 is 0 Å². The zero-order valence-corrected chi connectivity index (χ0v) is 12.3. The van der Waals surface area contributed by atoms with Crippen molar-refractivity contribution in [2.75, 3.05) is 11.9 Å². The van der Waals surface area contributed by atoms with Gasteiger partial charge < -0.3 is 16.4 Å². The normalized spacial score (nSPS) is 13.4. The van der Waals surface area contributed by atoms with Crippen LogP contribution in [0.2, 0.25) is 0 Å². The van der Waals surface area contributed by atoms with Gasteiger partial charge in [-0.25, -0.2) is 0 Å². The maximum Gasteiger partial charge on any atom is 0.251 e. The van der Waals surface area contributed by atoms with E-state index in [1.54, 1.807) is 31.2 Å². The molecule has 5 heteroatoms. The van der Waals surface area contributed by atoms with Crippen molar-refractivity contribution in [1.29, 1.82) is 0 Å². The second-order valence-corrected chi connectivity index (χ2v) is 5.06. The van der Waals surface area contributed by atoms with E-state index in [-0.39, 0.29) is 11.8 Å². The third-order valence-electron chi connectivity index (χ3n) is 3.17. The lowest BCUT2D eigenvalue weighted by atomic mass is 9.99. The van der Waals surface area contributed by atoms with Crippen molar-refractivity contribution in [1.82, 2.24) is 5.32 Å². The van der Waals surface area contributed by atoms with Gasteiger partial charge in [-0.3, -0.25) is 9.59 Å². The van der Waals surface area contributed by atoms with Crippen molar-refractivity contribution in [2.24, 2.45) is 5.73 Å². The first-order valence-corrected chi connectivity index (χ1v) is 6.89. The average Bonchev–Trinajstić information content (AvgIpc) is 2.44. The zero-order valence-electron chi connectivity index (χ0n) is 12.3. The van der Waals surface area contributed by atoms with E-state index in [1.807, 2.05) is 13.8 Å². The summed E-state index contributed by atoms with van der Waals surface area (Å²) in [5, 5.41) is 5.53. The predicted octanol–water partition coefficient (Wildman–Crippen LogP) is 1.89. The molecular formula is C15H23N3O2. The van der Waals surface area contributed by atoms with E-state index in [2.05, 4.69) is 10.6 Å². The number of nitrogens with one attached hydrogen (secondary N) is 2. The molecule has 0 aromatic heterocycles. The first-order chi connectivity index (χ1) is 9.40. The van der Waals surface area contributed by atoms with E-state index < -0.39 is 5.54 Å². The lowest BCUT2D eigenvalue weighted by Gasteiger charge is -2.21. The smallest absolute Gasteiger partial charge is 0.251 e. The fraction of sp³-hybridized carbons (Fsp3) is 0.467. The van der Waals surface area contributed by atoms with Gasteiger partial charge in [-0.2, -0.15) is 0 Å². The van der Waals surface area contributed by atoms with Crippen molar-refractivity contribution in [2.45, 2.75) is 39.2 Å². The topological polar surface area (TPSA) is 84.2 Å². The van der Waals surface area contributed by atoms with Gasteiger partial charge in [0.25, 0.3) is 5.91 Å². The number of carbonyl (C=O) groups excluding carboxylic acids is 2. The van der Waals surface area contributed by atoms with Crippen LogP contribution in [0.3, 0.4) is 0 Å². The lowest BCUT2D eigenvalue weighted by Crippen LogP contribution is -2.47. The summed E-state index contributed by atoms with van der Waals surface area (Å²) in [6.45, 7) is 6.16. The highest BCUT2D eigenvalue weighted by molar-refractivity contribution is 6.00. The fourth-order valence-electron chi connectivity index (χ4n) is 1.51. The highest BCUT2D eigenvalue weighted by atomic mass is 16.2. The van der Waals surface area contributed by atoms with Crippen LogP contribution in [-0.4, -0.2) is 23.9 Å². The van der Waals surface area contributed by atoms with Gasteiger partial charge in [-0.15, -0.1) is 0 Å².